The van der Waals surface area contributed by atoms with Crippen molar-refractivity contribution in [2.24, 2.45) is 7.05 Å². The molecule has 7 nitrogen and oxygen atoms in total. The van der Waals surface area contributed by atoms with Crippen molar-refractivity contribution in [3.8, 4) is 0 Å². The van der Waals surface area contributed by atoms with Crippen LogP contribution in [0.1, 0.15) is 26.8 Å². The summed E-state index contributed by atoms with van der Waals surface area (Å²) in [6.07, 6.45) is 1.70. The Balaban J connectivity index is 1.57. The van der Waals surface area contributed by atoms with Crippen LogP contribution in [0, 0.1) is 0 Å². The summed E-state index contributed by atoms with van der Waals surface area (Å²) in [6.45, 7) is 1.07. The Morgan fingerprint density at radius 3 is 3.03 bits per heavy atom. The van der Waals surface area contributed by atoms with E-state index in [1.807, 2.05) is 26.2 Å². The lowest BCUT2D eigenvalue weighted by Crippen LogP contribution is -2.35. The summed E-state index contributed by atoms with van der Waals surface area (Å²) in [7, 11) is 3.68. The lowest BCUT2D eigenvalue weighted by molar-refractivity contribution is 0.0361. The number of likely N-dealkylation sites (N-methyl/N-ethyl adjacent to an activating group) is 1. The predicted molar refractivity (Wildman–Crippen MR) is 117 cm³/mol. The number of halogens is 1. The number of amides is 1. The third-order valence-electron chi connectivity index (χ3n) is 5.42. The zero-order chi connectivity index (χ0) is 20.3. The number of thiophene rings is 1. The number of carbonyl (C=O) groups excluding carboxylic acids is 1. The number of hydrogen-bond donors (Lipinski definition) is 1. The molecule has 3 aromatic heterocycles. The highest BCUT2D eigenvalue weighted by Gasteiger charge is 2.30. The highest BCUT2D eigenvalue weighted by Crippen LogP contribution is 2.38. The molecule has 4 aromatic rings. The number of nitrogen functional groups attached to an aromatic ring is 1. The van der Waals surface area contributed by atoms with Gasteiger partial charge in [0.05, 0.1) is 45.7 Å². The maximum atomic E-state index is 13.3. The van der Waals surface area contributed by atoms with Crippen molar-refractivity contribution in [1.82, 2.24) is 19.7 Å². The van der Waals surface area contributed by atoms with E-state index in [0.717, 1.165) is 36.0 Å². The molecular formula is C20H18BrN5O2S. The van der Waals surface area contributed by atoms with Crippen LogP contribution in [0.5, 0.6) is 0 Å². The molecule has 0 bridgehead atoms. The monoisotopic (exact) mass is 471 g/mol. The van der Waals surface area contributed by atoms with Gasteiger partial charge in [0.15, 0.2) is 0 Å². The fraction of sp³-hybridized carbons (Fsp3) is 0.250. The Kier molecular flexibility index (Phi) is 4.34. The van der Waals surface area contributed by atoms with E-state index in [9.17, 15) is 4.79 Å². The van der Waals surface area contributed by atoms with Crippen molar-refractivity contribution in [3.05, 3.63) is 50.3 Å². The molecule has 0 saturated carbocycles. The molecule has 1 atom stereocenters. The van der Waals surface area contributed by atoms with Crippen LogP contribution >= 0.6 is 27.3 Å². The number of rotatable bonds is 2. The summed E-state index contributed by atoms with van der Waals surface area (Å²) in [5.74, 6) is 0.370. The molecule has 148 valence electrons. The van der Waals surface area contributed by atoms with Crippen LogP contribution in [-0.2, 0) is 18.4 Å². The molecule has 2 N–H and O–H groups in total. The predicted octanol–water partition coefficient (Wildman–Crippen LogP) is 3.87. The second kappa shape index (κ2) is 6.79. The number of ether oxygens (including phenoxy) is 1. The number of aryl methyl sites for hydroxylation is 1. The molecule has 0 radical (unpaired) electrons. The first-order valence-electron chi connectivity index (χ1n) is 9.08. The van der Waals surface area contributed by atoms with E-state index in [2.05, 4.69) is 32.1 Å². The van der Waals surface area contributed by atoms with E-state index in [4.69, 9.17) is 10.5 Å². The normalized spacial score (nSPS) is 16.3. The van der Waals surface area contributed by atoms with E-state index < -0.39 is 0 Å². The maximum Gasteiger partial charge on any atom is 0.254 e. The lowest BCUT2D eigenvalue weighted by atomic mass is 10.0. The number of aromatic nitrogens is 3. The number of anilines is 1. The van der Waals surface area contributed by atoms with Gasteiger partial charge in [-0.2, -0.15) is 5.10 Å². The number of fused-ring (bicyclic) bond motifs is 4. The van der Waals surface area contributed by atoms with Crippen molar-refractivity contribution in [2.75, 3.05) is 19.4 Å². The van der Waals surface area contributed by atoms with Gasteiger partial charge in [-0.15, -0.1) is 11.3 Å². The molecule has 1 unspecified atom stereocenters. The summed E-state index contributed by atoms with van der Waals surface area (Å²) >= 11 is 5.19. The van der Waals surface area contributed by atoms with Gasteiger partial charge in [0, 0.05) is 29.9 Å². The van der Waals surface area contributed by atoms with E-state index in [1.165, 1.54) is 0 Å². The number of pyridine rings is 1. The summed E-state index contributed by atoms with van der Waals surface area (Å²) in [4.78, 5) is 20.7. The van der Waals surface area contributed by atoms with Crippen molar-refractivity contribution in [2.45, 2.75) is 12.6 Å². The van der Waals surface area contributed by atoms with Gasteiger partial charge in [-0.3, -0.25) is 9.48 Å². The third-order valence-corrected chi connectivity index (χ3v) is 7.05. The maximum absolute atomic E-state index is 13.3. The smallest absolute Gasteiger partial charge is 0.254 e. The van der Waals surface area contributed by atoms with Crippen molar-refractivity contribution >= 4 is 60.8 Å². The molecule has 0 saturated heterocycles. The molecule has 1 amide bonds. The zero-order valence-corrected chi connectivity index (χ0v) is 18.2. The molecule has 9 heteroatoms. The van der Waals surface area contributed by atoms with Crippen LogP contribution < -0.4 is 5.73 Å². The second-order valence-electron chi connectivity index (χ2n) is 7.14. The van der Waals surface area contributed by atoms with Crippen LogP contribution in [0.3, 0.4) is 0 Å². The topological polar surface area (TPSA) is 86.3 Å². The molecule has 0 aliphatic carbocycles. The Hall–Kier alpha value is -2.49. The van der Waals surface area contributed by atoms with E-state index in [-0.39, 0.29) is 11.9 Å². The van der Waals surface area contributed by atoms with Gasteiger partial charge >= 0.3 is 0 Å². The Morgan fingerprint density at radius 2 is 2.21 bits per heavy atom. The van der Waals surface area contributed by atoms with Gasteiger partial charge in [0.2, 0.25) is 0 Å². The minimum absolute atomic E-state index is 0.0668. The molecule has 5 rings (SSSR count). The fourth-order valence-electron chi connectivity index (χ4n) is 3.91. The Labute approximate surface area is 179 Å². The number of benzene rings is 1. The van der Waals surface area contributed by atoms with E-state index in [1.54, 1.807) is 33.2 Å². The van der Waals surface area contributed by atoms with Crippen LogP contribution in [0.25, 0.3) is 21.8 Å². The van der Waals surface area contributed by atoms with Gasteiger partial charge < -0.3 is 15.4 Å². The van der Waals surface area contributed by atoms with Crippen LogP contribution in [0.4, 0.5) is 5.82 Å². The third kappa shape index (κ3) is 2.92. The highest BCUT2D eigenvalue weighted by atomic mass is 79.9. The van der Waals surface area contributed by atoms with Gasteiger partial charge in [0.25, 0.3) is 5.91 Å². The summed E-state index contributed by atoms with van der Waals surface area (Å²) < 4.78 is 8.55. The van der Waals surface area contributed by atoms with E-state index >= 15 is 0 Å². The van der Waals surface area contributed by atoms with Gasteiger partial charge in [-0.05, 0) is 45.8 Å². The van der Waals surface area contributed by atoms with Crippen molar-refractivity contribution in [1.29, 1.82) is 0 Å². The summed E-state index contributed by atoms with van der Waals surface area (Å²) in [5, 5.41) is 5.94. The standard InChI is InChI=1S/C20H18BrN5O2S/c1-25(15-8-28-9-16-12(15)6-17(21)29-16)20(27)10-3-4-14-11(5-10)18-13(19(22)24-14)7-23-26(18)2/h3-7,15H,8-9H2,1-2H3,(H2,22,24). The molecule has 4 heterocycles. The molecule has 1 aliphatic rings. The average molecular weight is 472 g/mol. The second-order valence-corrected chi connectivity index (χ2v) is 9.65. The average Bonchev–Trinajstić information content (AvgIpc) is 3.29. The summed E-state index contributed by atoms with van der Waals surface area (Å²) in [6, 6.07) is 7.47. The fourth-order valence-corrected chi connectivity index (χ4v) is 5.62. The number of carbonyl (C=O) groups is 1. The van der Waals surface area contributed by atoms with Crippen molar-refractivity contribution < 1.29 is 9.53 Å². The SMILES string of the molecule is CN(C(=O)c1ccc2nc(N)c3cnn(C)c3c2c1)C1COCc2sc(Br)cc21. The molecular weight excluding hydrogens is 454 g/mol. The lowest BCUT2D eigenvalue weighted by Gasteiger charge is -2.31. The Morgan fingerprint density at radius 1 is 1.38 bits per heavy atom. The molecule has 0 spiro atoms. The zero-order valence-electron chi connectivity index (χ0n) is 15.8. The van der Waals surface area contributed by atoms with Gasteiger partial charge in [-0.25, -0.2) is 4.98 Å². The molecule has 1 aliphatic heterocycles. The van der Waals surface area contributed by atoms with Gasteiger partial charge in [-0.1, -0.05) is 0 Å². The van der Waals surface area contributed by atoms with Crippen LogP contribution in [0.2, 0.25) is 0 Å². The van der Waals surface area contributed by atoms with Gasteiger partial charge in [0.1, 0.15) is 5.82 Å². The number of nitrogens with two attached hydrogens (primary N) is 1. The largest absolute Gasteiger partial charge is 0.383 e. The number of hydrogen-bond acceptors (Lipinski definition) is 6. The minimum Gasteiger partial charge on any atom is -0.383 e. The molecule has 29 heavy (non-hydrogen) atoms. The first kappa shape index (κ1) is 18.5. The Bertz CT molecular complexity index is 1280. The first-order chi connectivity index (χ1) is 13.9. The molecule has 1 aromatic carbocycles. The molecule has 0 fully saturated rings. The highest BCUT2D eigenvalue weighted by molar-refractivity contribution is 9.11. The van der Waals surface area contributed by atoms with Crippen LogP contribution in [0.15, 0.2) is 34.2 Å². The summed E-state index contributed by atoms with van der Waals surface area (Å²) in [5.41, 5.74) is 9.42. The van der Waals surface area contributed by atoms with Crippen molar-refractivity contribution in [3.63, 3.8) is 0 Å². The van der Waals surface area contributed by atoms with Crippen LogP contribution in [-0.4, -0.2) is 39.2 Å². The minimum atomic E-state index is -0.120. The quantitative estimate of drug-likeness (QED) is 0.479. The van der Waals surface area contributed by atoms with E-state index in [0.29, 0.717) is 24.6 Å². The number of nitrogens with zero attached hydrogens (tertiary/aromatic N) is 4. The first-order valence-corrected chi connectivity index (χ1v) is 10.7.